The third kappa shape index (κ3) is 5.89. The van der Waals surface area contributed by atoms with E-state index in [0.29, 0.717) is 24.2 Å². The van der Waals surface area contributed by atoms with Crippen molar-refractivity contribution in [3.63, 3.8) is 0 Å². The zero-order chi connectivity index (χ0) is 15.9. The predicted octanol–water partition coefficient (Wildman–Crippen LogP) is 3.25. The minimum atomic E-state index is 0. The van der Waals surface area contributed by atoms with Gasteiger partial charge in [0.2, 0.25) is 0 Å². The summed E-state index contributed by atoms with van der Waals surface area (Å²) in [7, 11) is 0. The Morgan fingerprint density at radius 3 is 1.57 bits per heavy atom. The largest absolute Gasteiger partial charge is 0.507 e. The van der Waals surface area contributed by atoms with Crippen LogP contribution in [0.3, 0.4) is 0 Å². The van der Waals surface area contributed by atoms with E-state index in [0.717, 1.165) is 11.1 Å². The van der Waals surface area contributed by atoms with Gasteiger partial charge >= 0.3 is 0 Å². The van der Waals surface area contributed by atoms with Crippen LogP contribution >= 0.6 is 0 Å². The van der Waals surface area contributed by atoms with E-state index >= 15 is 0 Å². The van der Waals surface area contributed by atoms with Crippen LogP contribution in [0.25, 0.3) is 0 Å². The molecule has 4 nitrogen and oxygen atoms in total. The molecule has 0 radical (unpaired) electrons. The Labute approximate surface area is 147 Å². The Kier molecular flexibility index (Phi) is 7.52. The van der Waals surface area contributed by atoms with Gasteiger partial charge in [0, 0.05) is 40.6 Å². The van der Waals surface area contributed by atoms with Crippen LogP contribution in [-0.4, -0.2) is 35.7 Å². The molecule has 0 aromatic heterocycles. The van der Waals surface area contributed by atoms with Crippen molar-refractivity contribution >= 4 is 12.4 Å². The monoisotopic (exact) mass is 352 g/mol. The van der Waals surface area contributed by atoms with E-state index in [9.17, 15) is 10.2 Å². The van der Waals surface area contributed by atoms with Crippen LogP contribution in [0.4, 0.5) is 0 Å². The van der Waals surface area contributed by atoms with Crippen LogP contribution in [-0.2, 0) is 17.1 Å². The SMILES string of the molecule is Cc1ccc(O)c(C=NCCN=Cc2cc(C)ccc2O)c1.[Fe]. The van der Waals surface area contributed by atoms with E-state index in [1.807, 2.05) is 38.1 Å². The Morgan fingerprint density at radius 1 is 0.783 bits per heavy atom. The first kappa shape index (κ1) is 18.9. The molecule has 0 unspecified atom stereocenters. The minimum absolute atomic E-state index is 0. The summed E-state index contributed by atoms with van der Waals surface area (Å²) < 4.78 is 0. The van der Waals surface area contributed by atoms with Gasteiger partial charge in [-0.2, -0.15) is 0 Å². The maximum atomic E-state index is 9.69. The molecule has 0 amide bonds. The molecule has 0 fully saturated rings. The van der Waals surface area contributed by atoms with E-state index < -0.39 is 0 Å². The first-order valence-electron chi connectivity index (χ1n) is 7.15. The Bertz CT molecular complexity index is 651. The van der Waals surface area contributed by atoms with Gasteiger partial charge in [0.1, 0.15) is 11.5 Å². The van der Waals surface area contributed by atoms with Crippen molar-refractivity contribution in [3.05, 3.63) is 58.7 Å². The van der Waals surface area contributed by atoms with Crippen LogP contribution in [0.2, 0.25) is 0 Å². The van der Waals surface area contributed by atoms with Gasteiger partial charge in [0.15, 0.2) is 0 Å². The normalized spacial score (nSPS) is 11.0. The molecule has 2 rings (SSSR count). The summed E-state index contributed by atoms with van der Waals surface area (Å²) in [6.45, 7) is 4.98. The van der Waals surface area contributed by atoms with Crippen molar-refractivity contribution in [2.75, 3.05) is 13.1 Å². The standard InChI is InChI=1S/C18H20N2O2.Fe/c1-13-3-5-17(21)15(9-13)11-19-7-8-20-12-16-10-14(2)4-6-18(16)22;/h3-6,9-12,21-22H,7-8H2,1-2H3;. The zero-order valence-corrected chi connectivity index (χ0v) is 14.3. The third-order valence-corrected chi connectivity index (χ3v) is 3.19. The molecular weight excluding hydrogens is 332 g/mol. The molecule has 0 aliphatic rings. The summed E-state index contributed by atoms with van der Waals surface area (Å²) in [6, 6.07) is 10.8. The number of aryl methyl sites for hydroxylation is 2. The number of aromatic hydroxyl groups is 2. The van der Waals surface area contributed by atoms with Crippen LogP contribution in [0.5, 0.6) is 11.5 Å². The van der Waals surface area contributed by atoms with Gasteiger partial charge < -0.3 is 10.2 Å². The summed E-state index contributed by atoms with van der Waals surface area (Å²) in [4.78, 5) is 8.51. The maximum absolute atomic E-state index is 9.69. The molecule has 0 aliphatic carbocycles. The number of phenols is 2. The molecule has 2 aromatic carbocycles. The molecule has 0 spiro atoms. The molecule has 2 aromatic rings. The first-order valence-corrected chi connectivity index (χ1v) is 7.15. The summed E-state index contributed by atoms with van der Waals surface area (Å²) in [6.07, 6.45) is 3.31. The fourth-order valence-electron chi connectivity index (χ4n) is 2.00. The summed E-state index contributed by atoms with van der Waals surface area (Å²) in [5.41, 5.74) is 3.57. The zero-order valence-electron chi connectivity index (χ0n) is 13.2. The number of nitrogens with zero attached hydrogens (tertiary/aromatic N) is 2. The number of hydrogen-bond acceptors (Lipinski definition) is 4. The molecule has 0 saturated carbocycles. The van der Waals surface area contributed by atoms with Gasteiger partial charge in [-0.25, -0.2) is 0 Å². The smallest absolute Gasteiger partial charge is 0.124 e. The van der Waals surface area contributed by atoms with Gasteiger partial charge in [-0.1, -0.05) is 23.3 Å². The van der Waals surface area contributed by atoms with Crippen molar-refractivity contribution in [2.24, 2.45) is 9.98 Å². The fraction of sp³-hybridized carbons (Fsp3) is 0.222. The van der Waals surface area contributed by atoms with Crippen molar-refractivity contribution in [2.45, 2.75) is 13.8 Å². The van der Waals surface area contributed by atoms with E-state index in [2.05, 4.69) is 9.98 Å². The Hall–Kier alpha value is -2.10. The topological polar surface area (TPSA) is 65.2 Å². The molecule has 0 aliphatic heterocycles. The van der Waals surface area contributed by atoms with Crippen LogP contribution in [0.15, 0.2) is 46.4 Å². The van der Waals surface area contributed by atoms with Gasteiger partial charge in [-0.15, -0.1) is 0 Å². The maximum Gasteiger partial charge on any atom is 0.124 e. The molecule has 23 heavy (non-hydrogen) atoms. The van der Waals surface area contributed by atoms with Crippen molar-refractivity contribution < 1.29 is 27.3 Å². The number of phenolic OH excluding ortho intramolecular Hbond substituents is 2. The van der Waals surface area contributed by atoms with E-state index in [1.54, 1.807) is 24.6 Å². The number of benzene rings is 2. The van der Waals surface area contributed by atoms with Gasteiger partial charge in [-0.05, 0) is 38.1 Å². The summed E-state index contributed by atoms with van der Waals surface area (Å²) in [5.74, 6) is 0.449. The molecule has 0 saturated heterocycles. The number of hydrogen-bond donors (Lipinski definition) is 2. The second-order valence-electron chi connectivity index (χ2n) is 5.20. The van der Waals surface area contributed by atoms with Crippen LogP contribution in [0, 0.1) is 13.8 Å². The third-order valence-electron chi connectivity index (χ3n) is 3.19. The Morgan fingerprint density at radius 2 is 1.17 bits per heavy atom. The molecule has 0 bridgehead atoms. The van der Waals surface area contributed by atoms with Gasteiger partial charge in [-0.3, -0.25) is 9.98 Å². The number of rotatable bonds is 5. The molecule has 122 valence electrons. The van der Waals surface area contributed by atoms with Crippen LogP contribution < -0.4 is 0 Å². The molecule has 2 N–H and O–H groups in total. The second-order valence-corrected chi connectivity index (χ2v) is 5.20. The average molecular weight is 352 g/mol. The number of aliphatic imine (C=N–C) groups is 2. The first-order chi connectivity index (χ1) is 10.6. The van der Waals surface area contributed by atoms with Crippen molar-refractivity contribution in [1.29, 1.82) is 0 Å². The average Bonchev–Trinajstić information content (AvgIpc) is 2.49. The van der Waals surface area contributed by atoms with E-state index in [1.165, 1.54) is 0 Å². The fourth-order valence-corrected chi connectivity index (χ4v) is 2.00. The predicted molar refractivity (Wildman–Crippen MR) is 90.6 cm³/mol. The van der Waals surface area contributed by atoms with E-state index in [4.69, 9.17) is 0 Å². The quantitative estimate of drug-likeness (QED) is 0.493. The van der Waals surface area contributed by atoms with Crippen LogP contribution in [0.1, 0.15) is 22.3 Å². The van der Waals surface area contributed by atoms with Gasteiger partial charge in [0.05, 0.1) is 13.1 Å². The van der Waals surface area contributed by atoms with Crippen molar-refractivity contribution in [1.82, 2.24) is 0 Å². The Balaban J connectivity index is 0.00000264. The molecule has 0 atom stereocenters. The van der Waals surface area contributed by atoms with Gasteiger partial charge in [0.25, 0.3) is 0 Å². The van der Waals surface area contributed by atoms with E-state index in [-0.39, 0.29) is 28.6 Å². The molecule has 0 heterocycles. The minimum Gasteiger partial charge on any atom is -0.507 e. The molecular formula is C18H20FeN2O2. The molecule has 5 heteroatoms. The second kappa shape index (κ2) is 9.13. The summed E-state index contributed by atoms with van der Waals surface area (Å²) >= 11 is 0. The van der Waals surface area contributed by atoms with Crippen molar-refractivity contribution in [3.8, 4) is 11.5 Å². The summed E-state index contributed by atoms with van der Waals surface area (Å²) in [5, 5.41) is 19.4.